The van der Waals surface area contributed by atoms with Crippen LogP contribution in [0.2, 0.25) is 0 Å². The number of ether oxygens (including phenoxy) is 2. The molecule has 1 heterocycles. The van der Waals surface area contributed by atoms with E-state index in [1.54, 1.807) is 13.8 Å². The van der Waals surface area contributed by atoms with Gasteiger partial charge in [-0.3, -0.25) is 4.79 Å². The Kier molecular flexibility index (Phi) is 6.92. The first-order chi connectivity index (χ1) is 15.2. The zero-order valence-corrected chi connectivity index (χ0v) is 19.0. The molecule has 3 rings (SSSR count). The summed E-state index contributed by atoms with van der Waals surface area (Å²) in [5, 5.41) is 0. The van der Waals surface area contributed by atoms with Crippen molar-refractivity contribution in [3.63, 3.8) is 0 Å². The number of carbonyl (C=O) groups excluding carboxylic acids is 1. The Hall–Kier alpha value is -2.82. The maximum atomic E-state index is 13.6. The van der Waals surface area contributed by atoms with E-state index < -0.39 is 39.4 Å². The normalized spacial score (nSPS) is 16.8. The number of benzene rings is 2. The Bertz CT molecular complexity index is 1150. The van der Waals surface area contributed by atoms with Crippen LogP contribution < -0.4 is 9.47 Å². The fraction of sp³-hybridized carbons (Fsp3) is 0.409. The fourth-order valence-corrected chi connectivity index (χ4v) is 4.08. The summed E-state index contributed by atoms with van der Waals surface area (Å²) in [6, 6.07) is 5.94. The average molecular weight is 489 g/mol. The molecule has 6 nitrogen and oxygen atoms in total. The number of nitrogens with zero attached hydrogens (tertiary/aromatic N) is 1. The number of amides is 1. The lowest BCUT2D eigenvalue weighted by Gasteiger charge is -2.21. The zero-order valence-electron chi connectivity index (χ0n) is 18.1. The van der Waals surface area contributed by atoms with Gasteiger partial charge in [0, 0.05) is 25.3 Å². The Morgan fingerprint density at radius 3 is 2.45 bits per heavy atom. The standard InChI is InChI=1S/C22H23F4NO5S/c1-13(2)31-20-5-4-18(33(3,29)30)11-19(20)21(28)27-7-6-16(12-27)32-17-9-14(22(24,25)26)8-15(23)10-17/h4-5,8-11,13,16H,6-7,12H2,1-3H3. The lowest BCUT2D eigenvalue weighted by molar-refractivity contribution is -0.137. The maximum Gasteiger partial charge on any atom is 0.416 e. The molecule has 1 saturated heterocycles. The molecular weight excluding hydrogens is 466 g/mol. The minimum absolute atomic E-state index is 0.0287. The first kappa shape index (κ1) is 24.8. The molecule has 2 aromatic carbocycles. The molecule has 180 valence electrons. The van der Waals surface area contributed by atoms with E-state index in [2.05, 4.69) is 0 Å². The summed E-state index contributed by atoms with van der Waals surface area (Å²) in [6.45, 7) is 3.76. The van der Waals surface area contributed by atoms with Crippen LogP contribution in [-0.4, -0.2) is 50.8 Å². The quantitative estimate of drug-likeness (QED) is 0.565. The molecule has 0 bridgehead atoms. The van der Waals surface area contributed by atoms with Gasteiger partial charge in [-0.15, -0.1) is 0 Å². The molecule has 0 spiro atoms. The first-order valence-corrected chi connectivity index (χ1v) is 12.0. The highest BCUT2D eigenvalue weighted by Gasteiger charge is 2.33. The highest BCUT2D eigenvalue weighted by molar-refractivity contribution is 7.90. The fourth-order valence-electron chi connectivity index (χ4n) is 3.43. The predicted molar refractivity (Wildman–Crippen MR) is 112 cm³/mol. The van der Waals surface area contributed by atoms with Crippen LogP contribution in [0.5, 0.6) is 11.5 Å². The van der Waals surface area contributed by atoms with Gasteiger partial charge in [0.1, 0.15) is 23.4 Å². The number of halogens is 4. The lowest BCUT2D eigenvalue weighted by atomic mass is 10.1. The summed E-state index contributed by atoms with van der Waals surface area (Å²) in [4.78, 5) is 14.5. The van der Waals surface area contributed by atoms with Crippen molar-refractivity contribution >= 4 is 15.7 Å². The largest absolute Gasteiger partial charge is 0.490 e. The minimum atomic E-state index is -4.73. The lowest BCUT2D eigenvalue weighted by Crippen LogP contribution is -2.31. The second-order valence-corrected chi connectivity index (χ2v) is 10.1. The monoisotopic (exact) mass is 489 g/mol. The van der Waals surface area contributed by atoms with Crippen LogP contribution in [0.15, 0.2) is 41.3 Å². The summed E-state index contributed by atoms with van der Waals surface area (Å²) >= 11 is 0. The molecule has 11 heteroatoms. The van der Waals surface area contributed by atoms with Gasteiger partial charge in [-0.25, -0.2) is 12.8 Å². The molecule has 1 fully saturated rings. The van der Waals surface area contributed by atoms with Gasteiger partial charge >= 0.3 is 6.18 Å². The van der Waals surface area contributed by atoms with E-state index in [0.29, 0.717) is 18.6 Å². The molecule has 1 aliphatic heterocycles. The zero-order chi connectivity index (χ0) is 24.6. The molecular formula is C22H23F4NO5S. The third kappa shape index (κ3) is 6.16. The maximum absolute atomic E-state index is 13.6. The molecule has 0 radical (unpaired) electrons. The van der Waals surface area contributed by atoms with E-state index in [1.165, 1.54) is 23.1 Å². The van der Waals surface area contributed by atoms with Gasteiger partial charge in [-0.05, 0) is 44.2 Å². The van der Waals surface area contributed by atoms with Crippen LogP contribution in [0.3, 0.4) is 0 Å². The number of rotatable bonds is 6. The molecule has 1 atom stereocenters. The molecule has 0 aromatic heterocycles. The van der Waals surface area contributed by atoms with Gasteiger partial charge in [0.15, 0.2) is 9.84 Å². The van der Waals surface area contributed by atoms with Crippen LogP contribution >= 0.6 is 0 Å². The van der Waals surface area contributed by atoms with E-state index in [1.807, 2.05) is 0 Å². The average Bonchev–Trinajstić information content (AvgIpc) is 3.13. The van der Waals surface area contributed by atoms with Gasteiger partial charge in [0.25, 0.3) is 5.91 Å². The van der Waals surface area contributed by atoms with Crippen LogP contribution in [0.4, 0.5) is 17.6 Å². The summed E-state index contributed by atoms with van der Waals surface area (Å²) in [5.74, 6) is -1.66. The molecule has 0 N–H and O–H groups in total. The van der Waals surface area contributed by atoms with E-state index >= 15 is 0 Å². The van der Waals surface area contributed by atoms with Crippen LogP contribution in [0.1, 0.15) is 36.2 Å². The summed E-state index contributed by atoms with van der Waals surface area (Å²) in [6.07, 6.45) is -4.34. The summed E-state index contributed by atoms with van der Waals surface area (Å²) in [5.41, 5.74) is -1.12. The van der Waals surface area contributed by atoms with Crippen molar-refractivity contribution in [1.82, 2.24) is 4.90 Å². The topological polar surface area (TPSA) is 72.9 Å². The van der Waals surface area contributed by atoms with E-state index in [0.717, 1.165) is 12.3 Å². The van der Waals surface area contributed by atoms with Gasteiger partial charge in [-0.1, -0.05) is 0 Å². The number of alkyl halides is 3. The van der Waals surface area contributed by atoms with Gasteiger partial charge in [0.05, 0.1) is 28.7 Å². The number of likely N-dealkylation sites (tertiary alicyclic amines) is 1. The van der Waals surface area contributed by atoms with Gasteiger partial charge in [-0.2, -0.15) is 13.2 Å². The van der Waals surface area contributed by atoms with E-state index in [-0.39, 0.29) is 41.2 Å². The molecule has 0 saturated carbocycles. The highest BCUT2D eigenvalue weighted by atomic mass is 32.2. The third-order valence-corrected chi connectivity index (χ3v) is 6.02. The number of hydrogen-bond donors (Lipinski definition) is 0. The molecule has 0 aliphatic carbocycles. The summed E-state index contributed by atoms with van der Waals surface area (Å²) < 4.78 is 87.5. The van der Waals surface area contributed by atoms with Crippen molar-refractivity contribution in [3.8, 4) is 11.5 Å². The third-order valence-electron chi connectivity index (χ3n) is 4.91. The van der Waals surface area contributed by atoms with Crippen molar-refractivity contribution in [2.24, 2.45) is 0 Å². The second kappa shape index (κ2) is 9.20. The van der Waals surface area contributed by atoms with Gasteiger partial charge in [0.2, 0.25) is 0 Å². The summed E-state index contributed by atoms with van der Waals surface area (Å²) in [7, 11) is -3.58. The molecule has 1 unspecified atom stereocenters. The first-order valence-electron chi connectivity index (χ1n) is 10.1. The number of hydrogen-bond acceptors (Lipinski definition) is 5. The SMILES string of the molecule is CC(C)Oc1ccc(S(C)(=O)=O)cc1C(=O)N1CCC(Oc2cc(F)cc(C(F)(F)F)c2)C1. The van der Waals surface area contributed by atoms with Crippen LogP contribution in [0, 0.1) is 5.82 Å². The van der Waals surface area contributed by atoms with Crippen LogP contribution in [0.25, 0.3) is 0 Å². The Morgan fingerprint density at radius 2 is 1.85 bits per heavy atom. The molecule has 1 amide bonds. The number of sulfone groups is 1. The molecule has 33 heavy (non-hydrogen) atoms. The minimum Gasteiger partial charge on any atom is -0.490 e. The van der Waals surface area contributed by atoms with Crippen molar-refractivity contribution in [1.29, 1.82) is 0 Å². The molecule has 2 aromatic rings. The Labute approximate surface area is 189 Å². The smallest absolute Gasteiger partial charge is 0.416 e. The van der Waals surface area contributed by atoms with Crippen LogP contribution in [-0.2, 0) is 16.0 Å². The van der Waals surface area contributed by atoms with Crippen molar-refractivity contribution in [2.75, 3.05) is 19.3 Å². The van der Waals surface area contributed by atoms with E-state index in [4.69, 9.17) is 9.47 Å². The Morgan fingerprint density at radius 1 is 1.15 bits per heavy atom. The van der Waals surface area contributed by atoms with Crippen molar-refractivity contribution in [3.05, 3.63) is 53.3 Å². The van der Waals surface area contributed by atoms with Gasteiger partial charge < -0.3 is 14.4 Å². The van der Waals surface area contributed by atoms with E-state index in [9.17, 15) is 30.8 Å². The van der Waals surface area contributed by atoms with Crippen molar-refractivity contribution < 1.29 is 40.2 Å². The number of carbonyl (C=O) groups is 1. The Balaban J connectivity index is 1.80. The predicted octanol–water partition coefficient (Wildman–Crippen LogP) is 4.33. The van der Waals surface area contributed by atoms with Crippen molar-refractivity contribution in [2.45, 2.75) is 43.5 Å². The highest BCUT2D eigenvalue weighted by Crippen LogP contribution is 2.33. The second-order valence-electron chi connectivity index (χ2n) is 8.05. The molecule has 1 aliphatic rings.